The quantitative estimate of drug-likeness (QED) is 0.0685. The van der Waals surface area contributed by atoms with E-state index >= 15 is 0 Å². The van der Waals surface area contributed by atoms with Crippen LogP contribution in [0.5, 0.6) is 6.01 Å². The number of benzene rings is 3. The van der Waals surface area contributed by atoms with E-state index < -0.39 is 17.9 Å². The third-order valence-electron chi connectivity index (χ3n) is 6.68. The summed E-state index contributed by atoms with van der Waals surface area (Å²) in [6.45, 7) is 5.61. The van der Waals surface area contributed by atoms with Crippen LogP contribution in [-0.4, -0.2) is 40.7 Å². The van der Waals surface area contributed by atoms with Gasteiger partial charge in [-0.25, -0.2) is 14.4 Å². The largest absolute Gasteiger partial charge is 0.535 e. The number of hydrogen-bond donors (Lipinski definition) is 1. The molecule has 0 aliphatic rings. The summed E-state index contributed by atoms with van der Waals surface area (Å²) in [5, 5.41) is 3.71. The number of imidazole rings is 1. The van der Waals surface area contributed by atoms with Gasteiger partial charge in [-0.1, -0.05) is 59.8 Å². The van der Waals surface area contributed by atoms with Gasteiger partial charge < -0.3 is 28.8 Å². The Bertz CT molecular complexity index is 1920. The van der Waals surface area contributed by atoms with E-state index in [0.717, 1.165) is 16.7 Å². The van der Waals surface area contributed by atoms with Gasteiger partial charge in [-0.05, 0) is 49.6 Å². The summed E-state index contributed by atoms with van der Waals surface area (Å²) < 4.78 is 27.6. The van der Waals surface area contributed by atoms with Gasteiger partial charge >= 0.3 is 17.9 Å². The summed E-state index contributed by atoms with van der Waals surface area (Å²) >= 11 is 0. The maximum absolute atomic E-state index is 13.2. The lowest BCUT2D eigenvalue weighted by Gasteiger charge is -2.13. The molecule has 0 spiro atoms. The van der Waals surface area contributed by atoms with Gasteiger partial charge in [0.1, 0.15) is 0 Å². The Hall–Kier alpha value is -5.85. The molecule has 0 aliphatic carbocycles. The second-order valence-electron chi connectivity index (χ2n) is 9.59. The molecule has 0 saturated heterocycles. The normalized spacial score (nSPS) is 11.4. The molecule has 0 unspecified atom stereocenters. The van der Waals surface area contributed by atoms with Crippen LogP contribution in [0.4, 0.5) is 4.79 Å². The Labute approximate surface area is 256 Å². The summed E-state index contributed by atoms with van der Waals surface area (Å²) in [6.07, 6.45) is -0.946. The van der Waals surface area contributed by atoms with Crippen LogP contribution in [0.3, 0.4) is 0 Å². The molecule has 0 amide bonds. The van der Waals surface area contributed by atoms with Gasteiger partial charge in [0.15, 0.2) is 24.0 Å². The molecule has 2 N–H and O–H groups in total. The van der Waals surface area contributed by atoms with E-state index in [4.69, 9.17) is 33.6 Å². The van der Waals surface area contributed by atoms with Crippen molar-refractivity contribution in [1.82, 2.24) is 9.55 Å². The van der Waals surface area contributed by atoms with Crippen molar-refractivity contribution in [3.8, 4) is 17.1 Å². The number of fused-ring (bicyclic) bond motifs is 1. The molecular formula is C32H30N4O9. The molecule has 5 aromatic rings. The van der Waals surface area contributed by atoms with Crippen LogP contribution in [0.2, 0.25) is 0 Å². The number of para-hydroxylation sites is 1. The third-order valence-corrected chi connectivity index (χ3v) is 6.68. The zero-order valence-corrected chi connectivity index (χ0v) is 24.8. The van der Waals surface area contributed by atoms with Crippen LogP contribution < -0.4 is 16.3 Å². The molecule has 232 valence electrons. The van der Waals surface area contributed by atoms with Crippen LogP contribution in [0.1, 0.15) is 46.9 Å². The molecule has 2 aromatic heterocycles. The first kappa shape index (κ1) is 30.6. The number of aromatic nitrogens is 2. The molecule has 5 rings (SSSR count). The minimum Gasteiger partial charge on any atom is -0.465 e. The maximum atomic E-state index is 13.2. The van der Waals surface area contributed by atoms with Crippen LogP contribution in [0, 0.1) is 6.92 Å². The lowest BCUT2D eigenvalue weighted by atomic mass is 9.98. The van der Waals surface area contributed by atoms with E-state index in [2.05, 4.69) is 10.1 Å². The number of nitrogens with two attached hydrogens (primary N) is 1. The van der Waals surface area contributed by atoms with Crippen LogP contribution in [0.15, 0.2) is 85.5 Å². The van der Waals surface area contributed by atoms with Crippen LogP contribution in [-0.2, 0) is 27.5 Å². The molecule has 45 heavy (non-hydrogen) atoms. The first-order valence-electron chi connectivity index (χ1n) is 14.0. The highest BCUT2D eigenvalue weighted by Gasteiger charge is 2.22. The summed E-state index contributed by atoms with van der Waals surface area (Å²) in [6, 6.07) is 20.5. The third kappa shape index (κ3) is 6.88. The van der Waals surface area contributed by atoms with Gasteiger partial charge in [0.2, 0.25) is 0 Å². The second-order valence-corrected chi connectivity index (χ2v) is 9.59. The van der Waals surface area contributed by atoms with Gasteiger partial charge in [0, 0.05) is 5.56 Å². The van der Waals surface area contributed by atoms with Crippen molar-refractivity contribution in [2.24, 2.45) is 10.9 Å². The molecule has 0 saturated carbocycles. The molecule has 0 aliphatic heterocycles. The average Bonchev–Trinajstić information content (AvgIpc) is 3.56. The highest BCUT2D eigenvalue weighted by molar-refractivity contribution is 6.03. The fourth-order valence-corrected chi connectivity index (χ4v) is 4.64. The van der Waals surface area contributed by atoms with E-state index in [0.29, 0.717) is 35.8 Å². The minimum atomic E-state index is -0.946. The van der Waals surface area contributed by atoms with Crippen molar-refractivity contribution < 1.29 is 37.5 Å². The maximum Gasteiger partial charge on any atom is 0.535 e. The Morgan fingerprint density at radius 1 is 0.933 bits per heavy atom. The van der Waals surface area contributed by atoms with Crippen molar-refractivity contribution in [3.05, 3.63) is 106 Å². The highest BCUT2D eigenvalue weighted by Crippen LogP contribution is 2.29. The molecule has 0 fully saturated rings. The highest BCUT2D eigenvalue weighted by atomic mass is 16.8. The summed E-state index contributed by atoms with van der Waals surface area (Å²) in [4.78, 5) is 45.5. The van der Waals surface area contributed by atoms with Crippen LogP contribution in [0.25, 0.3) is 22.2 Å². The summed E-state index contributed by atoms with van der Waals surface area (Å²) in [7, 11) is 0. The van der Waals surface area contributed by atoms with Crippen LogP contribution >= 0.6 is 0 Å². The number of oxime groups is 1. The zero-order chi connectivity index (χ0) is 31.9. The number of carbonyl (C=O) groups excluding carboxylic acids is 2. The average molecular weight is 615 g/mol. The summed E-state index contributed by atoms with van der Waals surface area (Å²) in [5.74, 6) is -1.12. The number of hydrogen-bond acceptors (Lipinski definition) is 11. The standard InChI is InChI=1S/C32H30N4O9/c1-4-40-30-34-25-12-8-11-24(29(37)42-18-26-19(3)43-32(39)44-26)27(25)36(30)17-20-13-15-21(16-14-20)22-9-6-7-10-23(22)28(33)35-45-31(38)41-5-2/h6-16H,4-5,17-18H2,1-3H3,(H2,33,35). The molecule has 0 atom stereocenters. The lowest BCUT2D eigenvalue weighted by Crippen LogP contribution is -2.16. The Morgan fingerprint density at radius 2 is 1.69 bits per heavy atom. The first-order valence-corrected chi connectivity index (χ1v) is 14.0. The summed E-state index contributed by atoms with van der Waals surface area (Å²) in [5.41, 5.74) is 10.5. The van der Waals surface area contributed by atoms with E-state index in [9.17, 15) is 14.4 Å². The number of carbonyl (C=O) groups is 2. The second kappa shape index (κ2) is 13.6. The van der Waals surface area contributed by atoms with Crippen molar-refractivity contribution >= 4 is 29.0 Å². The van der Waals surface area contributed by atoms with E-state index in [1.807, 2.05) is 43.3 Å². The van der Waals surface area contributed by atoms with E-state index in [1.165, 1.54) is 0 Å². The monoisotopic (exact) mass is 614 g/mol. The van der Waals surface area contributed by atoms with Gasteiger partial charge in [-0.15, -0.1) is 0 Å². The Morgan fingerprint density at radius 3 is 2.40 bits per heavy atom. The van der Waals surface area contributed by atoms with E-state index in [1.54, 1.807) is 48.7 Å². The molecule has 13 nitrogen and oxygen atoms in total. The lowest BCUT2D eigenvalue weighted by molar-refractivity contribution is 0.0444. The predicted octanol–water partition coefficient (Wildman–Crippen LogP) is 5.16. The van der Waals surface area contributed by atoms with Gasteiger partial charge in [-0.3, -0.25) is 9.40 Å². The van der Waals surface area contributed by atoms with Gasteiger partial charge in [0.25, 0.3) is 6.01 Å². The molecule has 0 bridgehead atoms. The number of nitrogens with zero attached hydrogens (tertiary/aromatic N) is 3. The molecule has 2 heterocycles. The first-order chi connectivity index (χ1) is 21.8. The van der Waals surface area contributed by atoms with E-state index in [-0.39, 0.29) is 36.1 Å². The molecular weight excluding hydrogens is 584 g/mol. The zero-order valence-electron chi connectivity index (χ0n) is 24.8. The van der Waals surface area contributed by atoms with Gasteiger partial charge in [-0.2, -0.15) is 4.98 Å². The number of aryl methyl sites for hydroxylation is 1. The Balaban J connectivity index is 1.42. The fraction of sp³-hybridized carbons (Fsp3) is 0.219. The minimum absolute atomic E-state index is 0.0125. The number of amidine groups is 1. The van der Waals surface area contributed by atoms with Gasteiger partial charge in [0.05, 0.1) is 36.4 Å². The van der Waals surface area contributed by atoms with Crippen molar-refractivity contribution in [2.45, 2.75) is 33.9 Å². The smallest absolute Gasteiger partial charge is 0.465 e. The molecule has 13 heteroatoms. The van der Waals surface area contributed by atoms with Crippen molar-refractivity contribution in [2.75, 3.05) is 13.2 Å². The van der Waals surface area contributed by atoms with Crippen molar-refractivity contribution in [1.29, 1.82) is 0 Å². The van der Waals surface area contributed by atoms with Crippen molar-refractivity contribution in [3.63, 3.8) is 0 Å². The number of ether oxygens (including phenoxy) is 3. The fourth-order valence-electron chi connectivity index (χ4n) is 4.64. The molecule has 0 radical (unpaired) electrons. The number of esters is 1. The topological polar surface area (TPSA) is 171 Å². The SMILES string of the molecule is CCOC(=O)ON=C(N)c1ccccc1-c1ccc(Cn2c(OCC)nc3cccc(C(=O)OCc4oc(=O)oc4C)c32)cc1. The number of rotatable bonds is 11. The molecule has 3 aromatic carbocycles. The Kier molecular flexibility index (Phi) is 9.27. The predicted molar refractivity (Wildman–Crippen MR) is 162 cm³/mol.